The fraction of sp³-hybridized carbons (Fsp3) is 1.00. The summed E-state index contributed by atoms with van der Waals surface area (Å²) >= 11 is 0. The molecule has 0 saturated carbocycles. The van der Waals surface area contributed by atoms with Crippen LogP contribution in [0.3, 0.4) is 0 Å². The molecule has 0 spiro atoms. The Hall–Kier alpha value is -0.150. The minimum Gasteiger partial charge on any atom is -0.394 e. The van der Waals surface area contributed by atoms with Crippen LogP contribution in [0.25, 0.3) is 0 Å². The fourth-order valence-corrected chi connectivity index (χ4v) is 0. The summed E-state index contributed by atoms with van der Waals surface area (Å²) in [6.45, 7) is -0.250. The van der Waals surface area contributed by atoms with Crippen molar-refractivity contribution >= 4 is 0 Å². The molecule has 2 nitrogen and oxygen atoms in total. The molecule has 0 unspecified atom stereocenters. The number of aliphatic hydroxyl groups is 2. The third kappa shape index (κ3) is 18.2. The van der Waals surface area contributed by atoms with Crippen molar-refractivity contribution in [3.8, 4) is 0 Å². The molecule has 5 heavy (non-hydrogen) atoms. The van der Waals surface area contributed by atoms with Crippen molar-refractivity contribution in [3.63, 3.8) is 0 Å². The average molecular weight is 82.1 g/mol. The van der Waals surface area contributed by atoms with Crippen molar-refractivity contribution < 1.29 is 14.9 Å². The number of halogens is 1. The van der Waals surface area contributed by atoms with Crippen LogP contribution in [0.2, 0.25) is 0 Å². The molecule has 0 fully saturated rings. The molecule has 0 aliphatic carbocycles. The predicted molar refractivity (Wildman–Crippen MR) is 16.7 cm³/mol. The van der Waals surface area contributed by atoms with Crippen molar-refractivity contribution in [1.29, 1.82) is 0 Å². The zero-order chi connectivity index (χ0) is 3.41. The van der Waals surface area contributed by atoms with Gasteiger partial charge in [-0.05, 0) is 0 Å². The molecule has 0 radical (unpaired) electrons. The van der Waals surface area contributed by atoms with E-state index in [4.69, 9.17) is 10.2 Å². The molecule has 0 heterocycles. The predicted octanol–water partition coefficient (Wildman–Crippen LogP) is -0.877. The van der Waals surface area contributed by atoms with Gasteiger partial charge in [-0.25, -0.2) is 0 Å². The second-order valence-electron chi connectivity index (χ2n) is 0.447. The first kappa shape index (κ1) is 8.85. The Labute approximate surface area is 29.4 Å². The molecule has 3 heteroatoms. The highest BCUT2D eigenvalue weighted by molar-refractivity contribution is 4.06. The van der Waals surface area contributed by atoms with E-state index in [0.717, 1.165) is 0 Å². The summed E-state index contributed by atoms with van der Waals surface area (Å²) in [6.07, 6.45) is 0. The van der Waals surface area contributed by atoms with E-state index in [1.165, 1.54) is 0 Å². The van der Waals surface area contributed by atoms with Gasteiger partial charge in [-0.2, -0.15) is 0 Å². The maximum Gasteiger partial charge on any atom is 0.0662 e. The van der Waals surface area contributed by atoms with Gasteiger partial charge in [-0.3, -0.25) is 4.70 Å². The van der Waals surface area contributed by atoms with Crippen LogP contribution >= 0.6 is 0 Å². The van der Waals surface area contributed by atoms with Crippen molar-refractivity contribution in [3.05, 3.63) is 0 Å². The topological polar surface area (TPSA) is 40.5 Å². The highest BCUT2D eigenvalue weighted by atomic mass is 19.0. The molecule has 0 rings (SSSR count). The first-order valence-corrected chi connectivity index (χ1v) is 1.13. The number of aliphatic hydroxyl groups excluding tert-OH is 2. The maximum atomic E-state index is 7.62. The minimum absolute atomic E-state index is 0. The lowest BCUT2D eigenvalue weighted by molar-refractivity contribution is 0.186. The molecular formula is C2H7FO2. The lowest BCUT2D eigenvalue weighted by Crippen LogP contribution is -1.85. The molecule has 0 saturated heterocycles. The number of hydrogen-bond donors (Lipinski definition) is 2. The Balaban J connectivity index is 0. The lowest BCUT2D eigenvalue weighted by atomic mass is 10.8. The zero-order valence-corrected chi connectivity index (χ0v) is 2.72. The summed E-state index contributed by atoms with van der Waals surface area (Å²) in [5, 5.41) is 15.2. The van der Waals surface area contributed by atoms with Crippen LogP contribution in [0.5, 0.6) is 0 Å². The van der Waals surface area contributed by atoms with E-state index >= 15 is 0 Å². The van der Waals surface area contributed by atoms with Crippen molar-refractivity contribution in [2.24, 2.45) is 0 Å². The van der Waals surface area contributed by atoms with Gasteiger partial charge < -0.3 is 10.2 Å². The molecule has 0 aliphatic heterocycles. The van der Waals surface area contributed by atoms with Gasteiger partial charge in [0.2, 0.25) is 0 Å². The van der Waals surface area contributed by atoms with Crippen LogP contribution in [0.4, 0.5) is 4.70 Å². The SMILES string of the molecule is F.OCCO. The fourth-order valence-electron chi connectivity index (χ4n) is 0. The normalized spacial score (nSPS) is 6.00. The number of rotatable bonds is 1. The Bertz CT molecular complexity index is 9.61. The molecule has 0 aromatic rings. The summed E-state index contributed by atoms with van der Waals surface area (Å²) in [5.41, 5.74) is 0. The second-order valence-corrected chi connectivity index (χ2v) is 0.447. The molecule has 2 N–H and O–H groups in total. The first-order valence-electron chi connectivity index (χ1n) is 1.13. The smallest absolute Gasteiger partial charge is 0.0662 e. The largest absolute Gasteiger partial charge is 0.394 e. The van der Waals surface area contributed by atoms with Gasteiger partial charge in [0, 0.05) is 0 Å². The van der Waals surface area contributed by atoms with Gasteiger partial charge in [-0.15, -0.1) is 0 Å². The molecular weight excluding hydrogens is 75.0 g/mol. The van der Waals surface area contributed by atoms with Crippen LogP contribution in [-0.2, 0) is 0 Å². The van der Waals surface area contributed by atoms with E-state index in [-0.39, 0.29) is 17.9 Å². The Morgan fingerprint density at radius 2 is 1.20 bits per heavy atom. The van der Waals surface area contributed by atoms with E-state index < -0.39 is 0 Å². The highest BCUT2D eigenvalue weighted by Gasteiger charge is 1.58. The van der Waals surface area contributed by atoms with E-state index in [1.54, 1.807) is 0 Å². The molecule has 0 aromatic carbocycles. The summed E-state index contributed by atoms with van der Waals surface area (Å²) in [5.74, 6) is 0. The molecule has 0 atom stereocenters. The first-order chi connectivity index (χ1) is 1.91. The molecule has 0 bridgehead atoms. The van der Waals surface area contributed by atoms with Gasteiger partial charge in [0.1, 0.15) is 0 Å². The molecule has 34 valence electrons. The third-order valence-corrected chi connectivity index (χ3v) is 0.1000. The number of hydrogen-bond acceptors (Lipinski definition) is 2. The van der Waals surface area contributed by atoms with Crippen LogP contribution in [0, 0.1) is 0 Å². The van der Waals surface area contributed by atoms with Crippen molar-refractivity contribution in [2.75, 3.05) is 13.2 Å². The summed E-state index contributed by atoms with van der Waals surface area (Å²) < 4.78 is 0. The minimum atomic E-state index is -0.125. The summed E-state index contributed by atoms with van der Waals surface area (Å²) in [7, 11) is 0. The Morgan fingerprint density at radius 3 is 1.20 bits per heavy atom. The van der Waals surface area contributed by atoms with Crippen LogP contribution in [-0.4, -0.2) is 23.4 Å². The average Bonchev–Trinajstić information content (AvgIpc) is 1.37. The molecule has 0 amide bonds. The summed E-state index contributed by atoms with van der Waals surface area (Å²) in [6, 6.07) is 0. The highest BCUT2D eigenvalue weighted by Crippen LogP contribution is 1.39. The van der Waals surface area contributed by atoms with Crippen LogP contribution in [0.15, 0.2) is 0 Å². The second kappa shape index (κ2) is 9.14. The van der Waals surface area contributed by atoms with Crippen LogP contribution < -0.4 is 0 Å². The molecule has 0 aliphatic rings. The lowest BCUT2D eigenvalue weighted by Gasteiger charge is -1.70. The van der Waals surface area contributed by atoms with E-state index in [2.05, 4.69) is 0 Å². The van der Waals surface area contributed by atoms with E-state index in [9.17, 15) is 0 Å². The third-order valence-electron chi connectivity index (χ3n) is 0.1000. The Morgan fingerprint density at radius 1 is 1.00 bits per heavy atom. The van der Waals surface area contributed by atoms with Gasteiger partial charge in [0.05, 0.1) is 13.2 Å². The van der Waals surface area contributed by atoms with E-state index in [0.29, 0.717) is 0 Å². The monoisotopic (exact) mass is 82.0 g/mol. The Kier molecular flexibility index (Phi) is 16.2. The van der Waals surface area contributed by atoms with E-state index in [1.807, 2.05) is 0 Å². The van der Waals surface area contributed by atoms with Gasteiger partial charge in [-0.1, -0.05) is 0 Å². The quantitative estimate of drug-likeness (QED) is 0.431. The standard InChI is InChI=1S/C2H6O2.FH/c3-1-2-4;/h3-4H,1-2H2;1H. The van der Waals surface area contributed by atoms with Gasteiger partial charge in [0.25, 0.3) is 0 Å². The summed E-state index contributed by atoms with van der Waals surface area (Å²) in [4.78, 5) is 0. The maximum absolute atomic E-state index is 7.62. The van der Waals surface area contributed by atoms with Gasteiger partial charge in [0.15, 0.2) is 0 Å². The van der Waals surface area contributed by atoms with Gasteiger partial charge >= 0.3 is 0 Å². The van der Waals surface area contributed by atoms with Crippen LogP contribution in [0.1, 0.15) is 0 Å². The van der Waals surface area contributed by atoms with Crippen molar-refractivity contribution in [2.45, 2.75) is 0 Å². The van der Waals surface area contributed by atoms with Crippen molar-refractivity contribution in [1.82, 2.24) is 0 Å². The zero-order valence-electron chi connectivity index (χ0n) is 2.72. The molecule has 0 aromatic heterocycles.